The van der Waals surface area contributed by atoms with Gasteiger partial charge in [-0.25, -0.2) is 4.79 Å². The number of fused-ring (bicyclic) bond motifs is 1. The van der Waals surface area contributed by atoms with E-state index in [9.17, 15) is 9.59 Å². The lowest BCUT2D eigenvalue weighted by atomic mass is 9.87. The first-order valence-electron chi connectivity index (χ1n) is 8.63. The van der Waals surface area contributed by atoms with E-state index in [1.54, 1.807) is 30.1 Å². The number of rotatable bonds is 4. The summed E-state index contributed by atoms with van der Waals surface area (Å²) in [7, 11) is 1.79. The molecule has 2 aromatic rings. The molecular formula is C21H23NO3. The highest BCUT2D eigenvalue weighted by Crippen LogP contribution is 2.33. The Kier molecular flexibility index (Phi) is 5.17. The minimum absolute atomic E-state index is 0.0510. The maximum atomic E-state index is 12.5. The van der Waals surface area contributed by atoms with Gasteiger partial charge in [-0.1, -0.05) is 42.0 Å². The third-order valence-corrected chi connectivity index (χ3v) is 4.78. The van der Waals surface area contributed by atoms with E-state index in [0.29, 0.717) is 5.56 Å². The Morgan fingerprint density at radius 1 is 1.16 bits per heavy atom. The highest BCUT2D eigenvalue weighted by atomic mass is 16.5. The molecule has 3 rings (SSSR count). The van der Waals surface area contributed by atoms with Crippen LogP contribution in [-0.4, -0.2) is 30.4 Å². The van der Waals surface area contributed by atoms with E-state index in [0.717, 1.165) is 24.8 Å². The molecule has 4 nitrogen and oxygen atoms in total. The summed E-state index contributed by atoms with van der Waals surface area (Å²) >= 11 is 0. The van der Waals surface area contributed by atoms with Crippen molar-refractivity contribution in [3.05, 3.63) is 70.8 Å². The number of ether oxygens (including phenoxy) is 1. The first kappa shape index (κ1) is 17.2. The molecule has 4 heteroatoms. The lowest BCUT2D eigenvalue weighted by Gasteiger charge is -2.33. The molecule has 130 valence electrons. The van der Waals surface area contributed by atoms with Crippen LogP contribution in [0.1, 0.15) is 45.9 Å². The number of esters is 1. The van der Waals surface area contributed by atoms with Gasteiger partial charge in [-0.2, -0.15) is 0 Å². The third-order valence-electron chi connectivity index (χ3n) is 4.78. The van der Waals surface area contributed by atoms with Gasteiger partial charge in [0.25, 0.3) is 5.91 Å². The van der Waals surface area contributed by atoms with Crippen LogP contribution in [0.25, 0.3) is 0 Å². The minimum atomic E-state index is -0.463. The van der Waals surface area contributed by atoms with E-state index >= 15 is 0 Å². The van der Waals surface area contributed by atoms with Crippen molar-refractivity contribution in [1.82, 2.24) is 4.90 Å². The van der Waals surface area contributed by atoms with Crippen LogP contribution >= 0.6 is 0 Å². The van der Waals surface area contributed by atoms with Crippen LogP contribution in [0, 0.1) is 6.92 Å². The number of nitrogens with zero attached hydrogens (tertiary/aromatic N) is 1. The highest BCUT2D eigenvalue weighted by Gasteiger charge is 2.27. The first-order valence-corrected chi connectivity index (χ1v) is 8.63. The molecule has 25 heavy (non-hydrogen) atoms. The molecule has 2 aromatic carbocycles. The second-order valence-electron chi connectivity index (χ2n) is 6.56. The summed E-state index contributed by atoms with van der Waals surface area (Å²) < 4.78 is 5.21. The summed E-state index contributed by atoms with van der Waals surface area (Å²) in [6, 6.07) is 15.5. The smallest absolute Gasteiger partial charge is 0.338 e. The van der Waals surface area contributed by atoms with Gasteiger partial charge in [-0.05, 0) is 49.4 Å². The predicted molar refractivity (Wildman–Crippen MR) is 96.4 cm³/mol. The summed E-state index contributed by atoms with van der Waals surface area (Å²) in [5.41, 5.74) is 3.96. The second kappa shape index (κ2) is 7.51. The summed E-state index contributed by atoms with van der Waals surface area (Å²) in [5.74, 6) is -0.641. The third kappa shape index (κ3) is 3.90. The Morgan fingerprint density at radius 2 is 1.96 bits per heavy atom. The fourth-order valence-electron chi connectivity index (χ4n) is 3.39. The van der Waals surface area contributed by atoms with Gasteiger partial charge in [0.1, 0.15) is 0 Å². The van der Waals surface area contributed by atoms with Gasteiger partial charge in [0, 0.05) is 7.05 Å². The van der Waals surface area contributed by atoms with E-state index in [-0.39, 0.29) is 18.6 Å². The van der Waals surface area contributed by atoms with Crippen molar-refractivity contribution in [3.8, 4) is 0 Å². The molecule has 1 aliphatic rings. The zero-order valence-electron chi connectivity index (χ0n) is 14.7. The molecule has 0 radical (unpaired) electrons. The normalized spacial score (nSPS) is 16.0. The quantitative estimate of drug-likeness (QED) is 0.800. The fourth-order valence-corrected chi connectivity index (χ4v) is 3.39. The van der Waals surface area contributed by atoms with Crippen molar-refractivity contribution in [2.45, 2.75) is 32.2 Å². The molecule has 0 spiro atoms. The van der Waals surface area contributed by atoms with Gasteiger partial charge < -0.3 is 9.64 Å². The van der Waals surface area contributed by atoms with E-state index < -0.39 is 5.97 Å². The summed E-state index contributed by atoms with van der Waals surface area (Å²) in [5, 5.41) is 0. The average Bonchev–Trinajstić information content (AvgIpc) is 2.64. The van der Waals surface area contributed by atoms with Gasteiger partial charge in [0.05, 0.1) is 11.6 Å². The molecule has 1 aliphatic carbocycles. The zero-order valence-corrected chi connectivity index (χ0v) is 14.7. The number of hydrogen-bond donors (Lipinski definition) is 0. The monoisotopic (exact) mass is 337 g/mol. The van der Waals surface area contributed by atoms with E-state index in [4.69, 9.17) is 4.74 Å². The Morgan fingerprint density at radius 3 is 2.76 bits per heavy atom. The average molecular weight is 337 g/mol. The Hall–Kier alpha value is -2.62. The number of benzene rings is 2. The molecule has 0 N–H and O–H groups in total. The molecule has 0 saturated heterocycles. The molecule has 0 unspecified atom stereocenters. The zero-order chi connectivity index (χ0) is 17.8. The highest BCUT2D eigenvalue weighted by molar-refractivity contribution is 5.91. The van der Waals surface area contributed by atoms with E-state index in [1.807, 2.05) is 25.1 Å². The number of likely N-dealkylation sites (N-methyl/N-ethyl adjacent to an activating group) is 1. The number of amides is 1. The molecule has 0 saturated carbocycles. The molecule has 0 heterocycles. The molecule has 0 bridgehead atoms. The van der Waals surface area contributed by atoms with Gasteiger partial charge in [-0.15, -0.1) is 0 Å². The molecule has 1 amide bonds. The van der Waals surface area contributed by atoms with Gasteiger partial charge >= 0.3 is 5.97 Å². The maximum Gasteiger partial charge on any atom is 0.338 e. The van der Waals surface area contributed by atoms with Crippen LogP contribution in [-0.2, 0) is 16.0 Å². The van der Waals surface area contributed by atoms with Crippen LogP contribution < -0.4 is 0 Å². The lowest BCUT2D eigenvalue weighted by Crippen LogP contribution is -2.36. The number of carbonyl (C=O) groups excluding carboxylic acids is 2. The van der Waals surface area contributed by atoms with E-state index in [1.165, 1.54) is 11.1 Å². The van der Waals surface area contributed by atoms with Crippen molar-refractivity contribution in [2.24, 2.45) is 0 Å². The molecular weight excluding hydrogens is 314 g/mol. The van der Waals surface area contributed by atoms with Crippen molar-refractivity contribution in [1.29, 1.82) is 0 Å². The summed E-state index contributed by atoms with van der Waals surface area (Å²) in [6.07, 6.45) is 3.05. The predicted octanol–water partition coefficient (Wildman–Crippen LogP) is 3.69. The Balaban J connectivity index is 1.63. The van der Waals surface area contributed by atoms with Crippen molar-refractivity contribution in [2.75, 3.05) is 13.7 Å². The number of aryl methyl sites for hydroxylation is 2. The van der Waals surface area contributed by atoms with Crippen molar-refractivity contribution in [3.63, 3.8) is 0 Å². The van der Waals surface area contributed by atoms with Crippen LogP contribution in [0.5, 0.6) is 0 Å². The largest absolute Gasteiger partial charge is 0.452 e. The fraction of sp³-hybridized carbons (Fsp3) is 0.333. The molecule has 1 atom stereocenters. The molecule has 0 aliphatic heterocycles. The SMILES string of the molecule is Cc1cccc(C(=O)OCC(=O)N(C)[C@H]2CCCc3ccccc32)c1. The number of carbonyl (C=O) groups is 2. The van der Waals surface area contributed by atoms with Gasteiger partial charge in [0.2, 0.25) is 0 Å². The maximum absolute atomic E-state index is 12.5. The van der Waals surface area contributed by atoms with Crippen molar-refractivity contribution >= 4 is 11.9 Å². The van der Waals surface area contributed by atoms with E-state index in [2.05, 4.69) is 12.1 Å². The summed E-state index contributed by atoms with van der Waals surface area (Å²) in [4.78, 5) is 26.3. The van der Waals surface area contributed by atoms with Crippen LogP contribution in [0.3, 0.4) is 0 Å². The number of hydrogen-bond acceptors (Lipinski definition) is 3. The molecule has 0 aromatic heterocycles. The van der Waals surface area contributed by atoms with Crippen molar-refractivity contribution < 1.29 is 14.3 Å². The Bertz CT molecular complexity index is 784. The Labute approximate surface area is 148 Å². The summed E-state index contributed by atoms with van der Waals surface area (Å²) in [6.45, 7) is 1.68. The topological polar surface area (TPSA) is 46.6 Å². The standard InChI is InChI=1S/C21H23NO3/c1-15-7-5-10-17(13-15)21(24)25-14-20(23)22(2)19-12-6-9-16-8-3-4-11-18(16)19/h3-5,7-8,10-11,13,19H,6,9,12,14H2,1-2H3/t19-/m0/s1. The van der Waals surface area contributed by atoms with Gasteiger partial charge in [-0.3, -0.25) is 4.79 Å². The van der Waals surface area contributed by atoms with Gasteiger partial charge in [0.15, 0.2) is 6.61 Å². The van der Waals surface area contributed by atoms with Crippen LogP contribution in [0.4, 0.5) is 0 Å². The lowest BCUT2D eigenvalue weighted by molar-refractivity contribution is -0.135. The first-order chi connectivity index (χ1) is 12.1. The molecule has 0 fully saturated rings. The van der Waals surface area contributed by atoms with Crippen LogP contribution in [0.2, 0.25) is 0 Å². The van der Waals surface area contributed by atoms with Crippen LogP contribution in [0.15, 0.2) is 48.5 Å². The minimum Gasteiger partial charge on any atom is -0.452 e. The second-order valence-corrected chi connectivity index (χ2v) is 6.56.